The van der Waals surface area contributed by atoms with Crippen LogP contribution in [0.4, 0.5) is 0 Å². The first-order valence-corrected chi connectivity index (χ1v) is 22.3. The summed E-state index contributed by atoms with van der Waals surface area (Å²) >= 11 is 0. The van der Waals surface area contributed by atoms with E-state index in [2.05, 4.69) is 239 Å². The highest BCUT2D eigenvalue weighted by atomic mass is 15.0. The maximum atomic E-state index is 4.79. The average Bonchev–Trinajstić information content (AvgIpc) is 3.84. The van der Waals surface area contributed by atoms with Gasteiger partial charge in [0, 0.05) is 44.0 Å². The molecule has 0 unspecified atom stereocenters. The van der Waals surface area contributed by atoms with E-state index in [9.17, 15) is 0 Å². The Hall–Kier alpha value is -7.56. The topological polar surface area (TPSA) is 35.6 Å². The summed E-state index contributed by atoms with van der Waals surface area (Å²) in [5, 5.41) is 5.10. The minimum absolute atomic E-state index is 0.0665. The van der Waals surface area contributed by atoms with Crippen molar-refractivity contribution in [2.45, 2.75) is 52.4 Å². The quantitative estimate of drug-likeness (QED) is 0.167. The van der Waals surface area contributed by atoms with Gasteiger partial charge in [-0.05, 0) is 123 Å². The van der Waals surface area contributed by atoms with Crippen LogP contribution >= 0.6 is 0 Å². The molecule has 0 atom stereocenters. The Bertz CT molecular complexity index is 3350. The van der Waals surface area contributed by atoms with Crippen LogP contribution in [0.1, 0.15) is 52.7 Å². The lowest BCUT2D eigenvalue weighted by Crippen LogP contribution is -2.10. The summed E-state index contributed by atoms with van der Waals surface area (Å²) in [6, 6.07) is 68.7. The standard InChI is InChI=1S/C60H50N4/c1-59(2,3)45-27-29-57-51(35-45)49-23-7-9-25-55(49)63(57)47-21-13-17-41(33-47)39-15-11-19-43(31-39)53-37-54(62-38-61-53)44-20-12-16-40(32-44)42-18-14-22-48(34-42)64-56-26-10-8-24-50(56)52-36-46(60(4,5)6)28-30-58(52)64/h7-38H,1-6H3. The molecule has 3 aromatic heterocycles. The van der Waals surface area contributed by atoms with Gasteiger partial charge in [-0.3, -0.25) is 0 Å². The van der Waals surface area contributed by atoms with Crippen LogP contribution in [0.15, 0.2) is 194 Å². The third kappa shape index (κ3) is 6.87. The van der Waals surface area contributed by atoms with Crippen molar-refractivity contribution in [2.75, 3.05) is 0 Å². The van der Waals surface area contributed by atoms with Gasteiger partial charge in [-0.2, -0.15) is 0 Å². The van der Waals surface area contributed by atoms with E-state index in [4.69, 9.17) is 9.97 Å². The van der Waals surface area contributed by atoms with Crippen molar-refractivity contribution < 1.29 is 0 Å². The Morgan fingerprint density at radius 3 is 1.12 bits per heavy atom. The van der Waals surface area contributed by atoms with Crippen molar-refractivity contribution >= 4 is 43.6 Å². The molecular formula is C60H50N4. The second-order valence-corrected chi connectivity index (χ2v) is 19.2. The fraction of sp³-hybridized carbons (Fsp3) is 0.133. The fourth-order valence-electron chi connectivity index (χ4n) is 9.47. The van der Waals surface area contributed by atoms with E-state index >= 15 is 0 Å². The molecule has 0 bridgehead atoms. The second kappa shape index (κ2) is 15.1. The zero-order chi connectivity index (χ0) is 43.7. The number of fused-ring (bicyclic) bond motifs is 6. The SMILES string of the molecule is CC(C)(C)c1ccc2c(c1)c1ccccc1n2-c1cccc(-c2cccc(-c3cc(-c4cccc(-c5cccc(-n6c7ccccc7c7cc(C(C)(C)C)ccc76)c5)c4)ncn3)c2)c1. The summed E-state index contributed by atoms with van der Waals surface area (Å²) < 4.78 is 4.80. The first-order valence-electron chi connectivity index (χ1n) is 22.3. The number of benzene rings is 8. The van der Waals surface area contributed by atoms with Crippen LogP contribution in [0, 0.1) is 0 Å². The van der Waals surface area contributed by atoms with Crippen LogP contribution in [-0.2, 0) is 10.8 Å². The molecule has 3 heterocycles. The normalized spacial score (nSPS) is 12.2. The molecule has 310 valence electrons. The lowest BCUT2D eigenvalue weighted by atomic mass is 9.86. The number of para-hydroxylation sites is 2. The summed E-state index contributed by atoms with van der Waals surface area (Å²) in [6.07, 6.45) is 1.69. The summed E-state index contributed by atoms with van der Waals surface area (Å²) in [5.74, 6) is 0. The lowest BCUT2D eigenvalue weighted by molar-refractivity contribution is 0.591. The Morgan fingerprint density at radius 1 is 0.312 bits per heavy atom. The Morgan fingerprint density at radius 2 is 0.688 bits per heavy atom. The summed E-state index contributed by atoms with van der Waals surface area (Å²) in [6.45, 7) is 13.7. The van der Waals surface area contributed by atoms with Crippen molar-refractivity contribution in [1.82, 2.24) is 19.1 Å². The lowest BCUT2D eigenvalue weighted by Gasteiger charge is -2.19. The van der Waals surface area contributed by atoms with Gasteiger partial charge in [0.1, 0.15) is 6.33 Å². The summed E-state index contributed by atoms with van der Waals surface area (Å²) in [4.78, 5) is 9.58. The predicted molar refractivity (Wildman–Crippen MR) is 270 cm³/mol. The highest BCUT2D eigenvalue weighted by Gasteiger charge is 2.20. The van der Waals surface area contributed by atoms with Crippen LogP contribution in [-0.4, -0.2) is 19.1 Å². The zero-order valence-corrected chi connectivity index (χ0v) is 37.3. The molecule has 0 N–H and O–H groups in total. The van der Waals surface area contributed by atoms with Gasteiger partial charge in [0.15, 0.2) is 0 Å². The molecule has 11 aromatic rings. The maximum absolute atomic E-state index is 4.79. The Kier molecular flexibility index (Phi) is 9.25. The van der Waals surface area contributed by atoms with Crippen molar-refractivity contribution in [3.63, 3.8) is 0 Å². The molecule has 11 rings (SSSR count). The molecule has 0 spiro atoms. The van der Waals surface area contributed by atoms with E-state index in [0.717, 1.165) is 56.1 Å². The monoisotopic (exact) mass is 826 g/mol. The first-order chi connectivity index (χ1) is 31.0. The Labute approximate surface area is 375 Å². The van der Waals surface area contributed by atoms with Gasteiger partial charge in [-0.1, -0.05) is 151 Å². The van der Waals surface area contributed by atoms with E-state index in [1.165, 1.54) is 54.7 Å². The molecule has 0 aliphatic heterocycles. The van der Waals surface area contributed by atoms with E-state index < -0.39 is 0 Å². The van der Waals surface area contributed by atoms with Crippen molar-refractivity contribution in [3.8, 4) is 56.1 Å². The molecular weight excluding hydrogens is 777 g/mol. The molecule has 0 fully saturated rings. The molecule has 0 aliphatic carbocycles. The van der Waals surface area contributed by atoms with E-state index in [1.54, 1.807) is 6.33 Å². The van der Waals surface area contributed by atoms with E-state index in [0.29, 0.717) is 0 Å². The minimum atomic E-state index is 0.0665. The number of aromatic nitrogens is 4. The van der Waals surface area contributed by atoms with Gasteiger partial charge in [-0.15, -0.1) is 0 Å². The van der Waals surface area contributed by atoms with Crippen LogP contribution < -0.4 is 0 Å². The van der Waals surface area contributed by atoms with Crippen LogP contribution in [0.2, 0.25) is 0 Å². The van der Waals surface area contributed by atoms with Gasteiger partial charge in [0.25, 0.3) is 0 Å². The highest BCUT2D eigenvalue weighted by Crippen LogP contribution is 2.39. The molecule has 0 saturated carbocycles. The predicted octanol–water partition coefficient (Wildman–Crippen LogP) is 15.9. The van der Waals surface area contributed by atoms with Crippen LogP contribution in [0.25, 0.3) is 99.8 Å². The second-order valence-electron chi connectivity index (χ2n) is 19.2. The molecule has 0 saturated heterocycles. The van der Waals surface area contributed by atoms with Gasteiger partial charge in [0.2, 0.25) is 0 Å². The number of nitrogens with zero attached hydrogens (tertiary/aromatic N) is 4. The summed E-state index contributed by atoms with van der Waals surface area (Å²) in [5.41, 5.74) is 18.3. The van der Waals surface area contributed by atoms with Gasteiger partial charge in [0.05, 0.1) is 33.5 Å². The van der Waals surface area contributed by atoms with Crippen molar-refractivity contribution in [3.05, 3.63) is 206 Å². The van der Waals surface area contributed by atoms with Gasteiger partial charge >= 0.3 is 0 Å². The zero-order valence-electron chi connectivity index (χ0n) is 37.3. The molecule has 0 amide bonds. The average molecular weight is 827 g/mol. The highest BCUT2D eigenvalue weighted by molar-refractivity contribution is 6.10. The number of hydrogen-bond donors (Lipinski definition) is 0. The third-order valence-corrected chi connectivity index (χ3v) is 12.9. The van der Waals surface area contributed by atoms with E-state index in [-0.39, 0.29) is 10.8 Å². The van der Waals surface area contributed by atoms with Crippen molar-refractivity contribution in [2.24, 2.45) is 0 Å². The molecule has 8 aromatic carbocycles. The molecule has 64 heavy (non-hydrogen) atoms. The van der Waals surface area contributed by atoms with E-state index in [1.807, 2.05) is 0 Å². The molecule has 4 nitrogen and oxygen atoms in total. The van der Waals surface area contributed by atoms with Crippen molar-refractivity contribution in [1.29, 1.82) is 0 Å². The van der Waals surface area contributed by atoms with Crippen LogP contribution in [0.5, 0.6) is 0 Å². The number of hydrogen-bond acceptors (Lipinski definition) is 2. The fourth-order valence-corrected chi connectivity index (χ4v) is 9.47. The van der Waals surface area contributed by atoms with Crippen LogP contribution in [0.3, 0.4) is 0 Å². The maximum Gasteiger partial charge on any atom is 0.116 e. The largest absolute Gasteiger partial charge is 0.309 e. The molecule has 4 heteroatoms. The molecule has 0 radical (unpaired) electrons. The first kappa shape index (κ1) is 39.3. The van der Waals surface area contributed by atoms with Gasteiger partial charge < -0.3 is 9.13 Å². The smallest absolute Gasteiger partial charge is 0.116 e. The molecule has 0 aliphatic rings. The Balaban J connectivity index is 0.918. The van der Waals surface area contributed by atoms with Gasteiger partial charge in [-0.25, -0.2) is 9.97 Å². The number of rotatable bonds is 6. The minimum Gasteiger partial charge on any atom is -0.309 e. The third-order valence-electron chi connectivity index (χ3n) is 12.9. The summed E-state index contributed by atoms with van der Waals surface area (Å²) in [7, 11) is 0.